The fourth-order valence-corrected chi connectivity index (χ4v) is 3.16. The molecule has 2 aromatic carbocycles. The van der Waals surface area contributed by atoms with Gasteiger partial charge in [0.05, 0.1) is 0 Å². The summed E-state index contributed by atoms with van der Waals surface area (Å²) in [5.74, 6) is -0.379. The number of benzene rings is 2. The van der Waals surface area contributed by atoms with E-state index in [2.05, 4.69) is 0 Å². The van der Waals surface area contributed by atoms with Crippen molar-refractivity contribution in [1.29, 1.82) is 0 Å². The van der Waals surface area contributed by atoms with E-state index in [4.69, 9.17) is 9.47 Å². The number of rotatable bonds is 4. The van der Waals surface area contributed by atoms with E-state index in [0.717, 1.165) is 11.1 Å². The fourth-order valence-electron chi connectivity index (χ4n) is 3.16. The molecule has 1 N–H and O–H groups in total. The summed E-state index contributed by atoms with van der Waals surface area (Å²) in [5.41, 5.74) is 2.85. The van der Waals surface area contributed by atoms with Gasteiger partial charge in [-0.05, 0) is 11.1 Å². The summed E-state index contributed by atoms with van der Waals surface area (Å²) in [6.45, 7) is 0. The summed E-state index contributed by atoms with van der Waals surface area (Å²) < 4.78 is 10.4. The fraction of sp³-hybridized carbons (Fsp3) is 0.278. The quantitative estimate of drug-likeness (QED) is 0.880. The average Bonchev–Trinajstić information content (AvgIpc) is 2.56. The Balaban J connectivity index is 2.18. The number of hydrogen-bond acceptors (Lipinski definition) is 4. The molecule has 0 radical (unpaired) electrons. The zero-order valence-electron chi connectivity index (χ0n) is 12.5. The van der Waals surface area contributed by atoms with Gasteiger partial charge in [0, 0.05) is 31.3 Å². The third-order valence-electron chi connectivity index (χ3n) is 4.17. The smallest absolute Gasteiger partial charge is 0.193 e. The van der Waals surface area contributed by atoms with Crippen molar-refractivity contribution in [2.45, 2.75) is 18.3 Å². The molecule has 0 amide bonds. The number of methoxy groups -OCH3 is 2. The van der Waals surface area contributed by atoms with Gasteiger partial charge >= 0.3 is 0 Å². The maximum Gasteiger partial charge on any atom is 0.193 e. The first-order chi connectivity index (χ1) is 10.7. The average molecular weight is 298 g/mol. The number of hydrogen-bond donors (Lipinski definition) is 1. The van der Waals surface area contributed by atoms with Gasteiger partial charge in [0.15, 0.2) is 12.1 Å². The summed E-state index contributed by atoms with van der Waals surface area (Å²) >= 11 is 0. The van der Waals surface area contributed by atoms with E-state index >= 15 is 0 Å². The van der Waals surface area contributed by atoms with Gasteiger partial charge in [-0.25, -0.2) is 0 Å². The molecule has 0 aliphatic heterocycles. The number of carbonyl (C=O) groups is 1. The Hall–Kier alpha value is -2.01. The normalized spacial score (nSPS) is 15.5. The Labute approximate surface area is 129 Å². The van der Waals surface area contributed by atoms with Crippen LogP contribution in [0.3, 0.4) is 0 Å². The SMILES string of the molecule is COC(OC)C(O)C1c2ccccc2C(=O)c2ccccc21. The Bertz CT molecular complexity index is 641. The van der Waals surface area contributed by atoms with E-state index in [1.807, 2.05) is 36.4 Å². The van der Waals surface area contributed by atoms with Crippen LogP contribution in [0.5, 0.6) is 0 Å². The highest BCUT2D eigenvalue weighted by molar-refractivity contribution is 6.12. The standard InChI is InChI=1S/C18H18O4/c1-21-18(22-2)17(20)15-11-7-3-5-9-13(11)16(19)14-10-6-4-8-12(14)15/h3-10,15,17-18,20H,1-2H3. The van der Waals surface area contributed by atoms with Crippen LogP contribution in [0.15, 0.2) is 48.5 Å². The Morgan fingerprint density at radius 2 is 1.36 bits per heavy atom. The minimum atomic E-state index is -0.912. The number of carbonyl (C=O) groups excluding carboxylic acids is 1. The van der Waals surface area contributed by atoms with Crippen LogP contribution in [-0.4, -0.2) is 37.5 Å². The van der Waals surface area contributed by atoms with Crippen LogP contribution in [0.4, 0.5) is 0 Å². The highest BCUT2D eigenvalue weighted by Gasteiger charge is 2.38. The van der Waals surface area contributed by atoms with Crippen molar-refractivity contribution in [3.63, 3.8) is 0 Å². The summed E-state index contributed by atoms with van der Waals surface area (Å²) in [4.78, 5) is 12.6. The predicted molar refractivity (Wildman–Crippen MR) is 82.0 cm³/mol. The van der Waals surface area contributed by atoms with Crippen molar-refractivity contribution in [3.8, 4) is 0 Å². The molecule has 0 aromatic heterocycles. The lowest BCUT2D eigenvalue weighted by molar-refractivity contribution is -0.167. The monoisotopic (exact) mass is 298 g/mol. The Morgan fingerprint density at radius 3 is 1.82 bits per heavy atom. The molecule has 1 atom stereocenters. The molecule has 0 heterocycles. The second-order valence-electron chi connectivity index (χ2n) is 5.31. The number of aliphatic hydroxyl groups is 1. The second-order valence-corrected chi connectivity index (χ2v) is 5.31. The van der Waals surface area contributed by atoms with Crippen molar-refractivity contribution < 1.29 is 19.4 Å². The molecule has 1 aliphatic rings. The van der Waals surface area contributed by atoms with Gasteiger partial charge < -0.3 is 14.6 Å². The van der Waals surface area contributed by atoms with Gasteiger partial charge in [0.2, 0.25) is 0 Å². The third kappa shape index (κ3) is 2.25. The molecular weight excluding hydrogens is 280 g/mol. The van der Waals surface area contributed by atoms with E-state index in [9.17, 15) is 9.90 Å². The first kappa shape index (κ1) is 14.9. The molecule has 2 aromatic rings. The van der Waals surface area contributed by atoms with Crippen LogP contribution < -0.4 is 0 Å². The zero-order valence-corrected chi connectivity index (χ0v) is 12.5. The molecule has 1 aliphatic carbocycles. The largest absolute Gasteiger partial charge is 0.387 e. The van der Waals surface area contributed by atoms with Crippen molar-refractivity contribution in [1.82, 2.24) is 0 Å². The number of aliphatic hydroxyl groups excluding tert-OH is 1. The van der Waals surface area contributed by atoms with Crippen LogP contribution in [0, 0.1) is 0 Å². The lowest BCUT2D eigenvalue weighted by atomic mass is 9.75. The highest BCUT2D eigenvalue weighted by atomic mass is 16.7. The number of fused-ring (bicyclic) bond motifs is 2. The summed E-state index contributed by atoms with van der Waals surface area (Å²) in [6, 6.07) is 14.7. The number of ketones is 1. The van der Waals surface area contributed by atoms with E-state index in [1.54, 1.807) is 12.1 Å². The first-order valence-corrected chi connectivity index (χ1v) is 7.15. The molecule has 3 rings (SSSR count). The molecular formula is C18H18O4. The molecule has 0 bridgehead atoms. The lowest BCUT2D eigenvalue weighted by Crippen LogP contribution is -2.38. The van der Waals surface area contributed by atoms with E-state index in [0.29, 0.717) is 11.1 Å². The second kappa shape index (κ2) is 6.01. The minimum absolute atomic E-state index is 0.0129. The maximum atomic E-state index is 12.6. The van der Waals surface area contributed by atoms with Gasteiger partial charge in [-0.15, -0.1) is 0 Å². The molecule has 1 unspecified atom stereocenters. The molecule has 0 saturated heterocycles. The van der Waals surface area contributed by atoms with Crippen LogP contribution in [0.25, 0.3) is 0 Å². The maximum absolute atomic E-state index is 12.6. The summed E-state index contributed by atoms with van der Waals surface area (Å²) in [5, 5.41) is 10.8. The first-order valence-electron chi connectivity index (χ1n) is 7.15. The van der Waals surface area contributed by atoms with Gasteiger partial charge in [0.25, 0.3) is 0 Å². The van der Waals surface area contributed by atoms with E-state index < -0.39 is 12.4 Å². The van der Waals surface area contributed by atoms with Crippen LogP contribution >= 0.6 is 0 Å². The molecule has 0 fully saturated rings. The van der Waals surface area contributed by atoms with E-state index in [-0.39, 0.29) is 11.7 Å². The summed E-state index contributed by atoms with van der Waals surface area (Å²) in [6.07, 6.45) is -1.68. The van der Waals surface area contributed by atoms with E-state index in [1.165, 1.54) is 14.2 Å². The van der Waals surface area contributed by atoms with Gasteiger partial charge in [-0.1, -0.05) is 48.5 Å². The third-order valence-corrected chi connectivity index (χ3v) is 4.17. The van der Waals surface area contributed by atoms with Crippen molar-refractivity contribution in [3.05, 3.63) is 70.8 Å². The topological polar surface area (TPSA) is 55.8 Å². The Morgan fingerprint density at radius 1 is 0.909 bits per heavy atom. The van der Waals surface area contributed by atoms with Crippen molar-refractivity contribution in [2.75, 3.05) is 14.2 Å². The molecule has 0 spiro atoms. The predicted octanol–water partition coefficient (Wildman–Crippen LogP) is 2.34. The molecule has 0 saturated carbocycles. The molecule has 4 nitrogen and oxygen atoms in total. The van der Waals surface area contributed by atoms with Crippen molar-refractivity contribution >= 4 is 5.78 Å². The van der Waals surface area contributed by atoms with Gasteiger partial charge in [0.1, 0.15) is 6.10 Å². The summed E-state index contributed by atoms with van der Waals surface area (Å²) in [7, 11) is 2.98. The molecule has 4 heteroatoms. The van der Waals surface area contributed by atoms with Gasteiger partial charge in [-0.2, -0.15) is 0 Å². The Kier molecular flexibility index (Phi) is 4.07. The van der Waals surface area contributed by atoms with Crippen LogP contribution in [0.2, 0.25) is 0 Å². The van der Waals surface area contributed by atoms with Gasteiger partial charge in [-0.3, -0.25) is 4.79 Å². The van der Waals surface area contributed by atoms with Crippen LogP contribution in [-0.2, 0) is 9.47 Å². The molecule has 22 heavy (non-hydrogen) atoms. The zero-order chi connectivity index (χ0) is 15.7. The van der Waals surface area contributed by atoms with Crippen molar-refractivity contribution in [2.24, 2.45) is 0 Å². The number of ether oxygens (including phenoxy) is 2. The highest BCUT2D eigenvalue weighted by Crippen LogP contribution is 2.39. The molecule has 114 valence electrons. The van der Waals surface area contributed by atoms with Crippen LogP contribution in [0.1, 0.15) is 33.0 Å². The minimum Gasteiger partial charge on any atom is -0.387 e. The lowest BCUT2D eigenvalue weighted by Gasteiger charge is -2.33.